The molecule has 2 aliphatic rings. The summed E-state index contributed by atoms with van der Waals surface area (Å²) in [6.07, 6.45) is 5.48. The number of nitrogens with zero attached hydrogens (tertiary/aromatic N) is 2. The molecular formula is C20H28N2O3. The number of piperidine rings is 1. The molecule has 1 N–H and O–H groups in total. The van der Waals surface area contributed by atoms with Crippen LogP contribution in [0.2, 0.25) is 0 Å². The topological polar surface area (TPSA) is 53.0 Å². The molecule has 2 saturated heterocycles. The van der Waals surface area contributed by atoms with Crippen LogP contribution in [0.25, 0.3) is 0 Å². The lowest BCUT2D eigenvalue weighted by Gasteiger charge is -2.38. The lowest BCUT2D eigenvalue weighted by molar-refractivity contribution is -0.133. The van der Waals surface area contributed by atoms with E-state index in [9.17, 15) is 9.90 Å². The number of hydrogen-bond acceptors (Lipinski definition) is 4. The van der Waals surface area contributed by atoms with Crippen molar-refractivity contribution < 1.29 is 14.6 Å². The highest BCUT2D eigenvalue weighted by molar-refractivity contribution is 5.88. The first kappa shape index (κ1) is 18.1. The summed E-state index contributed by atoms with van der Waals surface area (Å²) in [5.41, 5.74) is 1.16. The number of carbonyl (C=O) groups is 1. The maximum Gasteiger partial charge on any atom is 0.246 e. The monoisotopic (exact) mass is 344 g/mol. The number of rotatable bonds is 5. The van der Waals surface area contributed by atoms with Crippen LogP contribution >= 0.6 is 0 Å². The molecule has 0 bridgehead atoms. The van der Waals surface area contributed by atoms with Crippen LogP contribution in [0.3, 0.4) is 0 Å². The Morgan fingerprint density at radius 2 is 1.96 bits per heavy atom. The van der Waals surface area contributed by atoms with Gasteiger partial charge in [0.15, 0.2) is 0 Å². The Labute approximate surface area is 149 Å². The van der Waals surface area contributed by atoms with Crippen LogP contribution in [0.15, 0.2) is 42.5 Å². The van der Waals surface area contributed by atoms with Crippen molar-refractivity contribution in [2.24, 2.45) is 0 Å². The lowest BCUT2D eigenvalue weighted by Crippen LogP contribution is -2.51. The summed E-state index contributed by atoms with van der Waals surface area (Å²) in [5.74, 6) is 0.00735. The molecule has 2 fully saturated rings. The van der Waals surface area contributed by atoms with E-state index in [4.69, 9.17) is 4.74 Å². The SMILES string of the molecule is O=C(C=CCN1CCOCC1)N1CCC[C@H](O)[C@@H]1Cc1ccccc1. The Hall–Kier alpha value is -1.69. The van der Waals surface area contributed by atoms with E-state index in [0.29, 0.717) is 6.42 Å². The summed E-state index contributed by atoms with van der Waals surface area (Å²) in [6, 6.07) is 9.95. The molecule has 3 rings (SSSR count). The Morgan fingerprint density at radius 3 is 2.72 bits per heavy atom. The second-order valence-electron chi connectivity index (χ2n) is 6.81. The molecule has 0 radical (unpaired) electrons. The molecule has 0 saturated carbocycles. The van der Waals surface area contributed by atoms with E-state index in [-0.39, 0.29) is 11.9 Å². The van der Waals surface area contributed by atoms with Crippen molar-refractivity contribution in [2.75, 3.05) is 39.4 Å². The van der Waals surface area contributed by atoms with Gasteiger partial charge in [-0.15, -0.1) is 0 Å². The second kappa shape index (κ2) is 9.13. The van der Waals surface area contributed by atoms with Gasteiger partial charge in [-0.3, -0.25) is 9.69 Å². The van der Waals surface area contributed by atoms with Crippen LogP contribution in [0.5, 0.6) is 0 Å². The molecule has 0 aromatic heterocycles. The standard InChI is InChI=1S/C20H28N2O3/c23-19-8-4-11-22(18(19)16-17-6-2-1-3-7-17)20(24)9-5-10-21-12-14-25-15-13-21/h1-3,5-7,9,18-19,23H,4,8,10-16H2/t18-,19-/m0/s1. The van der Waals surface area contributed by atoms with E-state index >= 15 is 0 Å². The van der Waals surface area contributed by atoms with Gasteiger partial charge in [-0.25, -0.2) is 0 Å². The van der Waals surface area contributed by atoms with E-state index in [1.807, 2.05) is 29.2 Å². The zero-order chi connectivity index (χ0) is 17.5. The van der Waals surface area contributed by atoms with Gasteiger partial charge in [0.25, 0.3) is 0 Å². The van der Waals surface area contributed by atoms with Crippen LogP contribution in [0.4, 0.5) is 0 Å². The van der Waals surface area contributed by atoms with Gasteiger partial charge >= 0.3 is 0 Å². The molecule has 5 heteroatoms. The largest absolute Gasteiger partial charge is 0.391 e. The van der Waals surface area contributed by atoms with Gasteiger partial charge < -0.3 is 14.7 Å². The summed E-state index contributed by atoms with van der Waals surface area (Å²) in [7, 11) is 0. The van der Waals surface area contributed by atoms with Crippen molar-refractivity contribution >= 4 is 5.91 Å². The van der Waals surface area contributed by atoms with E-state index in [1.165, 1.54) is 0 Å². The zero-order valence-electron chi connectivity index (χ0n) is 14.7. The van der Waals surface area contributed by atoms with E-state index in [1.54, 1.807) is 6.08 Å². The predicted molar refractivity (Wildman–Crippen MR) is 97.3 cm³/mol. The van der Waals surface area contributed by atoms with Crippen LogP contribution in [0.1, 0.15) is 18.4 Å². The molecule has 0 aliphatic carbocycles. The van der Waals surface area contributed by atoms with Crippen molar-refractivity contribution in [3.63, 3.8) is 0 Å². The summed E-state index contributed by atoms with van der Waals surface area (Å²) in [6.45, 7) is 4.85. The van der Waals surface area contributed by atoms with Gasteiger partial charge in [-0.1, -0.05) is 36.4 Å². The Kier molecular flexibility index (Phi) is 6.62. The minimum Gasteiger partial charge on any atom is -0.391 e. The average molecular weight is 344 g/mol. The molecular weight excluding hydrogens is 316 g/mol. The molecule has 5 nitrogen and oxygen atoms in total. The van der Waals surface area contributed by atoms with Crippen LogP contribution in [0, 0.1) is 0 Å². The minimum absolute atomic E-state index is 0.00735. The molecule has 2 aliphatic heterocycles. The fraction of sp³-hybridized carbons (Fsp3) is 0.550. The molecule has 2 atom stereocenters. The highest BCUT2D eigenvalue weighted by atomic mass is 16.5. The summed E-state index contributed by atoms with van der Waals surface area (Å²) in [5, 5.41) is 10.4. The van der Waals surface area contributed by atoms with Gasteiger partial charge in [-0.2, -0.15) is 0 Å². The average Bonchev–Trinajstić information content (AvgIpc) is 2.65. The van der Waals surface area contributed by atoms with E-state index in [2.05, 4.69) is 17.0 Å². The molecule has 25 heavy (non-hydrogen) atoms. The maximum absolute atomic E-state index is 12.7. The minimum atomic E-state index is -0.453. The molecule has 1 aromatic rings. The second-order valence-corrected chi connectivity index (χ2v) is 6.81. The van der Waals surface area contributed by atoms with Crippen molar-refractivity contribution in [3.05, 3.63) is 48.0 Å². The highest BCUT2D eigenvalue weighted by Gasteiger charge is 2.32. The summed E-state index contributed by atoms with van der Waals surface area (Å²) >= 11 is 0. The van der Waals surface area contributed by atoms with Gasteiger partial charge in [0.2, 0.25) is 5.91 Å². The summed E-state index contributed by atoms with van der Waals surface area (Å²) < 4.78 is 5.34. The quantitative estimate of drug-likeness (QED) is 0.822. The number of morpholine rings is 1. The molecule has 0 unspecified atom stereocenters. The van der Waals surface area contributed by atoms with Gasteiger partial charge in [0, 0.05) is 32.3 Å². The Morgan fingerprint density at radius 1 is 1.20 bits per heavy atom. The smallest absolute Gasteiger partial charge is 0.246 e. The number of aliphatic hydroxyl groups is 1. The zero-order valence-corrected chi connectivity index (χ0v) is 14.7. The molecule has 1 aromatic carbocycles. The fourth-order valence-electron chi connectivity index (χ4n) is 3.59. The number of hydrogen-bond donors (Lipinski definition) is 1. The number of aliphatic hydroxyl groups excluding tert-OH is 1. The third kappa shape index (κ3) is 5.14. The molecule has 0 spiro atoms. The third-order valence-electron chi connectivity index (χ3n) is 5.04. The first-order valence-electron chi connectivity index (χ1n) is 9.23. The first-order chi connectivity index (χ1) is 12.2. The third-order valence-corrected chi connectivity index (χ3v) is 5.04. The highest BCUT2D eigenvalue weighted by Crippen LogP contribution is 2.22. The molecule has 1 amide bonds. The number of benzene rings is 1. The van der Waals surface area contributed by atoms with Gasteiger partial charge in [0.1, 0.15) is 0 Å². The molecule has 2 heterocycles. The van der Waals surface area contributed by atoms with Crippen molar-refractivity contribution in [1.82, 2.24) is 9.80 Å². The Balaban J connectivity index is 1.59. The van der Waals surface area contributed by atoms with Crippen LogP contribution in [-0.2, 0) is 16.0 Å². The van der Waals surface area contributed by atoms with Crippen molar-refractivity contribution in [3.8, 4) is 0 Å². The Bertz CT molecular complexity index is 570. The first-order valence-corrected chi connectivity index (χ1v) is 9.23. The van der Waals surface area contributed by atoms with E-state index in [0.717, 1.165) is 57.8 Å². The van der Waals surface area contributed by atoms with E-state index < -0.39 is 6.10 Å². The lowest BCUT2D eigenvalue weighted by atomic mass is 9.93. The van der Waals surface area contributed by atoms with Crippen LogP contribution < -0.4 is 0 Å². The van der Waals surface area contributed by atoms with Crippen molar-refractivity contribution in [2.45, 2.75) is 31.4 Å². The molecule has 136 valence electrons. The number of ether oxygens (including phenoxy) is 1. The van der Waals surface area contributed by atoms with Crippen LogP contribution in [-0.4, -0.2) is 72.4 Å². The van der Waals surface area contributed by atoms with Crippen molar-refractivity contribution in [1.29, 1.82) is 0 Å². The van der Waals surface area contributed by atoms with Gasteiger partial charge in [0.05, 0.1) is 25.4 Å². The predicted octanol–water partition coefficient (Wildman–Crippen LogP) is 1.47. The normalized spacial score (nSPS) is 25.4. The van der Waals surface area contributed by atoms with Gasteiger partial charge in [-0.05, 0) is 24.8 Å². The maximum atomic E-state index is 12.7. The fourth-order valence-corrected chi connectivity index (χ4v) is 3.59. The number of amides is 1. The number of likely N-dealkylation sites (tertiary alicyclic amines) is 1. The number of carbonyl (C=O) groups excluding carboxylic acids is 1. The summed E-state index contributed by atoms with van der Waals surface area (Å²) in [4.78, 5) is 16.8.